The summed E-state index contributed by atoms with van der Waals surface area (Å²) in [5, 5.41) is 19.6. The molecule has 0 saturated heterocycles. The van der Waals surface area contributed by atoms with Crippen molar-refractivity contribution < 1.29 is 18.7 Å². The van der Waals surface area contributed by atoms with Crippen LogP contribution in [0.1, 0.15) is 30.3 Å². The van der Waals surface area contributed by atoms with Crippen molar-refractivity contribution in [1.82, 2.24) is 14.8 Å². The van der Waals surface area contributed by atoms with Crippen LogP contribution in [0.5, 0.6) is 5.75 Å². The Morgan fingerprint density at radius 2 is 2.07 bits per heavy atom. The molecule has 1 fully saturated rings. The van der Waals surface area contributed by atoms with Crippen LogP contribution in [0.15, 0.2) is 52.2 Å². The van der Waals surface area contributed by atoms with Gasteiger partial charge < -0.3 is 14.3 Å². The van der Waals surface area contributed by atoms with E-state index in [0.717, 1.165) is 29.6 Å². The van der Waals surface area contributed by atoms with Gasteiger partial charge in [0.15, 0.2) is 5.16 Å². The smallest absolute Gasteiger partial charge is 0.191 e. The van der Waals surface area contributed by atoms with E-state index in [2.05, 4.69) is 14.8 Å². The van der Waals surface area contributed by atoms with Crippen LogP contribution in [0.3, 0.4) is 0 Å². The lowest BCUT2D eigenvalue weighted by Crippen LogP contribution is -2.20. The lowest BCUT2D eigenvalue weighted by molar-refractivity contribution is 0.126. The molecule has 0 aliphatic heterocycles. The van der Waals surface area contributed by atoms with Gasteiger partial charge in [0.05, 0.1) is 18.9 Å². The number of ether oxygens (including phenoxy) is 1. The van der Waals surface area contributed by atoms with Crippen LogP contribution in [0.25, 0.3) is 0 Å². The Kier molecular flexibility index (Phi) is 5.45. The Balaban J connectivity index is 1.35. The topological polar surface area (TPSA) is 73.3 Å². The SMILES string of the molecule is OC(COc1ccc(F)cc1)CSc1nnc(C2CC2)n1Cc1ccco1. The summed E-state index contributed by atoms with van der Waals surface area (Å²) in [7, 11) is 0. The Labute approximate surface area is 160 Å². The van der Waals surface area contributed by atoms with Crippen LogP contribution in [0.4, 0.5) is 4.39 Å². The highest BCUT2D eigenvalue weighted by molar-refractivity contribution is 7.99. The molecule has 27 heavy (non-hydrogen) atoms. The predicted molar refractivity (Wildman–Crippen MR) is 98.4 cm³/mol. The number of aliphatic hydroxyl groups excluding tert-OH is 1. The van der Waals surface area contributed by atoms with E-state index in [0.29, 0.717) is 24.0 Å². The van der Waals surface area contributed by atoms with Crippen molar-refractivity contribution in [3.8, 4) is 5.75 Å². The lowest BCUT2D eigenvalue weighted by atomic mass is 10.3. The molecule has 8 heteroatoms. The van der Waals surface area contributed by atoms with Gasteiger partial charge in [-0.1, -0.05) is 11.8 Å². The van der Waals surface area contributed by atoms with E-state index in [1.807, 2.05) is 12.1 Å². The summed E-state index contributed by atoms with van der Waals surface area (Å²) in [6.45, 7) is 0.705. The fraction of sp³-hybridized carbons (Fsp3) is 0.368. The molecule has 2 heterocycles. The number of benzene rings is 1. The van der Waals surface area contributed by atoms with Gasteiger partial charge in [0.2, 0.25) is 0 Å². The summed E-state index contributed by atoms with van der Waals surface area (Å²) in [6.07, 6.45) is 3.24. The molecular formula is C19H20FN3O3S. The molecule has 1 unspecified atom stereocenters. The monoisotopic (exact) mass is 389 g/mol. The Hall–Kier alpha value is -2.32. The highest BCUT2D eigenvalue weighted by atomic mass is 32.2. The number of nitrogens with zero attached hydrogens (tertiary/aromatic N) is 3. The number of aromatic nitrogens is 3. The summed E-state index contributed by atoms with van der Waals surface area (Å²) in [4.78, 5) is 0. The van der Waals surface area contributed by atoms with Gasteiger partial charge in [0.1, 0.15) is 29.8 Å². The second-order valence-corrected chi connectivity index (χ2v) is 7.50. The molecule has 1 atom stereocenters. The van der Waals surface area contributed by atoms with Gasteiger partial charge in [0.25, 0.3) is 0 Å². The third-order valence-electron chi connectivity index (χ3n) is 4.24. The summed E-state index contributed by atoms with van der Waals surface area (Å²) in [5.41, 5.74) is 0. The van der Waals surface area contributed by atoms with Crippen LogP contribution in [-0.4, -0.2) is 38.3 Å². The summed E-state index contributed by atoms with van der Waals surface area (Å²) in [5.74, 6) is 2.92. The minimum atomic E-state index is -0.682. The number of aliphatic hydroxyl groups is 1. The van der Waals surface area contributed by atoms with Crippen molar-refractivity contribution in [3.05, 3.63) is 60.1 Å². The van der Waals surface area contributed by atoms with Crippen LogP contribution < -0.4 is 4.74 Å². The molecule has 0 spiro atoms. The Bertz CT molecular complexity index is 863. The molecule has 0 amide bonds. The highest BCUT2D eigenvalue weighted by Gasteiger charge is 2.30. The zero-order valence-corrected chi connectivity index (χ0v) is 15.4. The minimum Gasteiger partial charge on any atom is -0.491 e. The van der Waals surface area contributed by atoms with E-state index >= 15 is 0 Å². The standard InChI is InChI=1S/C19H20FN3O3S/c20-14-5-7-16(8-6-14)26-11-15(24)12-27-19-22-21-18(13-3-4-13)23(19)10-17-2-1-9-25-17/h1-2,5-9,13,15,24H,3-4,10-12H2. The van der Waals surface area contributed by atoms with Gasteiger partial charge in [-0.3, -0.25) is 4.57 Å². The fourth-order valence-corrected chi connectivity index (χ4v) is 3.55. The van der Waals surface area contributed by atoms with Crippen LogP contribution in [-0.2, 0) is 6.54 Å². The van der Waals surface area contributed by atoms with Gasteiger partial charge in [-0.25, -0.2) is 4.39 Å². The summed E-state index contributed by atoms with van der Waals surface area (Å²) >= 11 is 1.44. The maximum absolute atomic E-state index is 12.9. The molecule has 1 aromatic carbocycles. The highest BCUT2D eigenvalue weighted by Crippen LogP contribution is 2.40. The average molecular weight is 389 g/mol. The molecular weight excluding hydrogens is 369 g/mol. The molecule has 1 N–H and O–H groups in total. The summed E-state index contributed by atoms with van der Waals surface area (Å²) < 4.78 is 25.9. The number of halogens is 1. The van der Waals surface area contributed by atoms with Gasteiger partial charge in [-0.2, -0.15) is 0 Å². The van der Waals surface area contributed by atoms with Crippen LogP contribution >= 0.6 is 11.8 Å². The van der Waals surface area contributed by atoms with Gasteiger partial charge in [-0.15, -0.1) is 10.2 Å². The Morgan fingerprint density at radius 1 is 1.26 bits per heavy atom. The van der Waals surface area contributed by atoms with E-state index in [1.54, 1.807) is 6.26 Å². The first-order valence-electron chi connectivity index (χ1n) is 8.84. The van der Waals surface area contributed by atoms with Gasteiger partial charge in [-0.05, 0) is 49.2 Å². The molecule has 0 bridgehead atoms. The molecule has 1 saturated carbocycles. The van der Waals surface area contributed by atoms with Crippen LogP contribution in [0, 0.1) is 5.82 Å². The number of rotatable bonds is 9. The van der Waals surface area contributed by atoms with Crippen molar-refractivity contribution in [2.45, 2.75) is 36.6 Å². The van der Waals surface area contributed by atoms with E-state index in [4.69, 9.17) is 9.15 Å². The first-order chi connectivity index (χ1) is 13.2. The molecule has 6 nitrogen and oxygen atoms in total. The summed E-state index contributed by atoms with van der Waals surface area (Å²) in [6, 6.07) is 9.52. The van der Waals surface area contributed by atoms with Crippen LogP contribution in [0.2, 0.25) is 0 Å². The second-order valence-electron chi connectivity index (χ2n) is 6.51. The van der Waals surface area contributed by atoms with E-state index in [1.165, 1.54) is 36.0 Å². The quantitative estimate of drug-likeness (QED) is 0.565. The van der Waals surface area contributed by atoms with Crippen molar-refractivity contribution >= 4 is 11.8 Å². The Morgan fingerprint density at radius 3 is 2.78 bits per heavy atom. The third kappa shape index (κ3) is 4.70. The molecule has 2 aromatic heterocycles. The number of hydrogen-bond acceptors (Lipinski definition) is 6. The molecule has 1 aliphatic rings. The number of furan rings is 1. The van der Waals surface area contributed by atoms with Gasteiger partial charge in [0, 0.05) is 11.7 Å². The minimum absolute atomic E-state index is 0.125. The maximum atomic E-state index is 12.9. The van der Waals surface area contributed by atoms with E-state index < -0.39 is 6.10 Å². The number of thioether (sulfide) groups is 1. The van der Waals surface area contributed by atoms with Crippen molar-refractivity contribution in [2.75, 3.05) is 12.4 Å². The average Bonchev–Trinajstić information content (AvgIpc) is 3.24. The van der Waals surface area contributed by atoms with Crippen molar-refractivity contribution in [1.29, 1.82) is 0 Å². The number of hydrogen-bond donors (Lipinski definition) is 1. The zero-order valence-electron chi connectivity index (χ0n) is 14.6. The first kappa shape index (κ1) is 18.1. The van der Waals surface area contributed by atoms with Gasteiger partial charge >= 0.3 is 0 Å². The molecule has 0 radical (unpaired) electrons. The largest absolute Gasteiger partial charge is 0.491 e. The van der Waals surface area contributed by atoms with Crippen molar-refractivity contribution in [3.63, 3.8) is 0 Å². The normalized spacial score (nSPS) is 15.0. The van der Waals surface area contributed by atoms with Crippen molar-refractivity contribution in [2.24, 2.45) is 0 Å². The third-order valence-corrected chi connectivity index (χ3v) is 5.35. The van der Waals surface area contributed by atoms with E-state index in [-0.39, 0.29) is 12.4 Å². The zero-order chi connectivity index (χ0) is 18.6. The molecule has 3 aromatic rings. The van der Waals surface area contributed by atoms with E-state index in [9.17, 15) is 9.50 Å². The first-order valence-corrected chi connectivity index (χ1v) is 9.82. The fourth-order valence-electron chi connectivity index (χ4n) is 2.70. The predicted octanol–water partition coefficient (Wildman–Crippen LogP) is 3.47. The lowest BCUT2D eigenvalue weighted by Gasteiger charge is -2.13. The maximum Gasteiger partial charge on any atom is 0.191 e. The molecule has 142 valence electrons. The second kappa shape index (κ2) is 8.14. The molecule has 1 aliphatic carbocycles. The molecule has 4 rings (SSSR count).